The lowest BCUT2D eigenvalue weighted by molar-refractivity contribution is 0.0610. The highest BCUT2D eigenvalue weighted by Crippen LogP contribution is 2.23. The first-order valence-electron chi connectivity index (χ1n) is 6.82. The molecule has 1 atom stereocenters. The van der Waals surface area contributed by atoms with Crippen molar-refractivity contribution in [2.24, 2.45) is 0 Å². The van der Waals surface area contributed by atoms with Crippen LogP contribution in [-0.2, 0) is 4.74 Å². The number of aliphatic hydroxyl groups is 1. The quantitative estimate of drug-likeness (QED) is 0.854. The Hall–Kier alpha value is -2.17. The molecule has 1 amide bonds. The molecule has 2 N–H and O–H groups in total. The molecule has 4 heteroatoms. The molecule has 0 aliphatic carbocycles. The first-order chi connectivity index (χ1) is 10.2. The summed E-state index contributed by atoms with van der Waals surface area (Å²) in [7, 11) is 1.51. The minimum atomic E-state index is -0.706. The Balaban J connectivity index is 2.15. The van der Waals surface area contributed by atoms with Crippen LogP contribution in [0, 0.1) is 0 Å². The van der Waals surface area contributed by atoms with Gasteiger partial charge in [-0.15, -0.1) is 0 Å². The lowest BCUT2D eigenvalue weighted by Gasteiger charge is -2.13. The van der Waals surface area contributed by atoms with Crippen molar-refractivity contribution in [3.63, 3.8) is 0 Å². The van der Waals surface area contributed by atoms with Crippen molar-refractivity contribution in [3.05, 3.63) is 60.2 Å². The van der Waals surface area contributed by atoms with Gasteiger partial charge < -0.3 is 15.2 Å². The molecule has 0 aliphatic rings. The third kappa shape index (κ3) is 4.15. The Morgan fingerprint density at radius 3 is 2.52 bits per heavy atom. The van der Waals surface area contributed by atoms with Crippen LogP contribution in [0.4, 0.5) is 0 Å². The van der Waals surface area contributed by atoms with Crippen molar-refractivity contribution >= 4 is 5.91 Å². The first-order valence-corrected chi connectivity index (χ1v) is 6.82. The van der Waals surface area contributed by atoms with Crippen molar-refractivity contribution < 1.29 is 14.6 Å². The number of aliphatic hydroxyl groups excluding tert-OH is 1. The van der Waals surface area contributed by atoms with Gasteiger partial charge in [0, 0.05) is 19.2 Å². The predicted octanol–water partition coefficient (Wildman–Crippen LogP) is 2.09. The number of hydrogen-bond acceptors (Lipinski definition) is 3. The molecule has 2 aromatic carbocycles. The Labute approximate surface area is 124 Å². The number of carbonyl (C=O) groups is 1. The van der Waals surface area contributed by atoms with E-state index < -0.39 is 6.10 Å². The van der Waals surface area contributed by atoms with Crippen LogP contribution in [0.3, 0.4) is 0 Å². The van der Waals surface area contributed by atoms with E-state index >= 15 is 0 Å². The second-order valence-corrected chi connectivity index (χ2v) is 4.73. The molecule has 2 rings (SSSR count). The van der Waals surface area contributed by atoms with Gasteiger partial charge in [0.15, 0.2) is 0 Å². The molecule has 21 heavy (non-hydrogen) atoms. The van der Waals surface area contributed by atoms with Crippen LogP contribution in [0.5, 0.6) is 0 Å². The summed E-state index contributed by atoms with van der Waals surface area (Å²) in [5, 5.41) is 12.3. The molecular weight excluding hydrogens is 266 g/mol. The maximum absolute atomic E-state index is 12.3. The molecule has 0 radical (unpaired) electrons. The SMILES string of the molecule is COCC(O)CNC(=O)c1ccccc1-c1ccccc1. The molecule has 0 fully saturated rings. The van der Waals surface area contributed by atoms with E-state index in [4.69, 9.17) is 4.74 Å². The smallest absolute Gasteiger partial charge is 0.252 e. The maximum Gasteiger partial charge on any atom is 0.252 e. The van der Waals surface area contributed by atoms with Crippen LogP contribution in [-0.4, -0.2) is 37.4 Å². The third-order valence-electron chi connectivity index (χ3n) is 3.11. The topological polar surface area (TPSA) is 58.6 Å². The summed E-state index contributed by atoms with van der Waals surface area (Å²) in [6, 6.07) is 17.2. The van der Waals surface area contributed by atoms with Crippen LogP contribution < -0.4 is 5.32 Å². The van der Waals surface area contributed by atoms with Crippen molar-refractivity contribution in [1.29, 1.82) is 0 Å². The van der Waals surface area contributed by atoms with Gasteiger partial charge in [-0.25, -0.2) is 0 Å². The van der Waals surface area contributed by atoms with E-state index in [1.54, 1.807) is 6.07 Å². The minimum absolute atomic E-state index is 0.162. The Kier molecular flexibility index (Phi) is 5.49. The Morgan fingerprint density at radius 1 is 1.14 bits per heavy atom. The van der Waals surface area contributed by atoms with Gasteiger partial charge in [-0.05, 0) is 17.2 Å². The van der Waals surface area contributed by atoms with Gasteiger partial charge in [0.25, 0.3) is 5.91 Å². The average Bonchev–Trinajstić information content (AvgIpc) is 2.54. The molecule has 110 valence electrons. The largest absolute Gasteiger partial charge is 0.389 e. The maximum atomic E-state index is 12.3. The van der Waals surface area contributed by atoms with E-state index in [1.807, 2.05) is 48.5 Å². The number of benzene rings is 2. The highest BCUT2D eigenvalue weighted by molar-refractivity contribution is 6.00. The molecule has 4 nitrogen and oxygen atoms in total. The third-order valence-corrected chi connectivity index (χ3v) is 3.11. The van der Waals surface area contributed by atoms with Gasteiger partial charge in [-0.1, -0.05) is 48.5 Å². The predicted molar refractivity (Wildman–Crippen MR) is 82.1 cm³/mol. The van der Waals surface area contributed by atoms with E-state index in [-0.39, 0.29) is 19.1 Å². The first kappa shape index (κ1) is 15.2. The highest BCUT2D eigenvalue weighted by Gasteiger charge is 2.13. The Morgan fingerprint density at radius 2 is 1.81 bits per heavy atom. The summed E-state index contributed by atoms with van der Waals surface area (Å²) < 4.78 is 4.83. The van der Waals surface area contributed by atoms with Crippen molar-refractivity contribution in [3.8, 4) is 11.1 Å². The average molecular weight is 285 g/mol. The van der Waals surface area contributed by atoms with E-state index in [9.17, 15) is 9.90 Å². The molecule has 0 saturated heterocycles. The summed E-state index contributed by atoms with van der Waals surface area (Å²) >= 11 is 0. The van der Waals surface area contributed by atoms with Gasteiger partial charge in [0.1, 0.15) is 0 Å². The number of methoxy groups -OCH3 is 1. The molecule has 0 spiro atoms. The van der Waals surface area contributed by atoms with Gasteiger partial charge in [0.2, 0.25) is 0 Å². The van der Waals surface area contributed by atoms with E-state index in [0.29, 0.717) is 5.56 Å². The minimum Gasteiger partial charge on any atom is -0.389 e. The summed E-state index contributed by atoms with van der Waals surface area (Å²) in [6.45, 7) is 0.358. The number of hydrogen-bond donors (Lipinski definition) is 2. The normalized spacial score (nSPS) is 11.9. The lowest BCUT2D eigenvalue weighted by atomic mass is 9.99. The van der Waals surface area contributed by atoms with Crippen molar-refractivity contribution in [2.45, 2.75) is 6.10 Å². The van der Waals surface area contributed by atoms with Crippen LogP contribution in [0.15, 0.2) is 54.6 Å². The summed E-state index contributed by atoms with van der Waals surface area (Å²) in [5.41, 5.74) is 2.45. The standard InChI is InChI=1S/C17H19NO3/c1-21-12-14(19)11-18-17(20)16-10-6-5-9-15(16)13-7-3-2-4-8-13/h2-10,14,19H,11-12H2,1H3,(H,18,20). The second-order valence-electron chi connectivity index (χ2n) is 4.73. The fourth-order valence-corrected chi connectivity index (χ4v) is 2.11. The zero-order valence-electron chi connectivity index (χ0n) is 12.0. The zero-order chi connectivity index (χ0) is 15.1. The molecule has 0 saturated carbocycles. The van der Waals surface area contributed by atoms with Crippen LogP contribution in [0.1, 0.15) is 10.4 Å². The molecule has 1 unspecified atom stereocenters. The van der Waals surface area contributed by atoms with Crippen LogP contribution >= 0.6 is 0 Å². The van der Waals surface area contributed by atoms with Crippen molar-refractivity contribution in [2.75, 3.05) is 20.3 Å². The molecule has 0 aromatic heterocycles. The molecule has 0 heterocycles. The monoisotopic (exact) mass is 285 g/mol. The number of ether oxygens (including phenoxy) is 1. The summed E-state index contributed by atoms with van der Waals surface area (Å²) in [6.07, 6.45) is -0.706. The highest BCUT2D eigenvalue weighted by atomic mass is 16.5. The number of carbonyl (C=O) groups excluding carboxylic acids is 1. The lowest BCUT2D eigenvalue weighted by Crippen LogP contribution is -2.34. The molecule has 0 bridgehead atoms. The number of rotatable bonds is 6. The molecule has 0 aliphatic heterocycles. The Bertz CT molecular complexity index is 584. The van der Waals surface area contributed by atoms with Crippen LogP contribution in [0.2, 0.25) is 0 Å². The van der Waals surface area contributed by atoms with E-state index in [2.05, 4.69) is 5.32 Å². The van der Waals surface area contributed by atoms with Crippen LogP contribution in [0.25, 0.3) is 11.1 Å². The van der Waals surface area contributed by atoms with Crippen molar-refractivity contribution in [1.82, 2.24) is 5.32 Å². The van der Waals surface area contributed by atoms with Gasteiger partial charge >= 0.3 is 0 Å². The number of nitrogens with one attached hydrogen (secondary N) is 1. The second kappa shape index (κ2) is 7.57. The van der Waals surface area contributed by atoms with Gasteiger partial charge in [-0.2, -0.15) is 0 Å². The van der Waals surface area contributed by atoms with E-state index in [1.165, 1.54) is 7.11 Å². The number of amides is 1. The fraction of sp³-hybridized carbons (Fsp3) is 0.235. The summed E-state index contributed by atoms with van der Waals surface area (Å²) in [5.74, 6) is -0.204. The fourth-order valence-electron chi connectivity index (χ4n) is 2.11. The summed E-state index contributed by atoms with van der Waals surface area (Å²) in [4.78, 5) is 12.3. The van der Waals surface area contributed by atoms with Gasteiger partial charge in [0.05, 0.1) is 12.7 Å². The van der Waals surface area contributed by atoms with E-state index in [0.717, 1.165) is 11.1 Å². The molecule has 2 aromatic rings. The zero-order valence-corrected chi connectivity index (χ0v) is 12.0. The van der Waals surface area contributed by atoms with Gasteiger partial charge in [-0.3, -0.25) is 4.79 Å². The molecular formula is C17H19NO3.